The molecule has 20 heavy (non-hydrogen) atoms. The molecular weight excluding hydrogens is 328 g/mol. The third-order valence-corrected chi connectivity index (χ3v) is 3.36. The number of benzene rings is 2. The molecule has 2 aromatic rings. The number of nitrogens with one attached hydrogen (secondary N) is 1. The molecule has 0 saturated carbocycles. The first-order valence-corrected chi connectivity index (χ1v) is 6.99. The topological polar surface area (TPSA) is 21.3 Å². The minimum absolute atomic E-state index is 0.229. The highest BCUT2D eigenvalue weighted by Crippen LogP contribution is 2.22. The summed E-state index contributed by atoms with van der Waals surface area (Å²) in [6, 6.07) is 9.53. The van der Waals surface area contributed by atoms with E-state index >= 15 is 0 Å². The average molecular weight is 342 g/mol. The van der Waals surface area contributed by atoms with Gasteiger partial charge in [-0.2, -0.15) is 0 Å². The molecule has 0 spiro atoms. The van der Waals surface area contributed by atoms with E-state index in [4.69, 9.17) is 4.74 Å². The van der Waals surface area contributed by atoms with Gasteiger partial charge in [0.15, 0.2) is 11.6 Å². The van der Waals surface area contributed by atoms with Crippen LogP contribution in [0.5, 0.6) is 5.75 Å². The lowest BCUT2D eigenvalue weighted by atomic mass is 10.2. The van der Waals surface area contributed by atoms with Gasteiger partial charge < -0.3 is 10.1 Å². The van der Waals surface area contributed by atoms with Crippen LogP contribution in [0, 0.1) is 11.6 Å². The molecule has 0 saturated heterocycles. The van der Waals surface area contributed by atoms with Crippen molar-refractivity contribution < 1.29 is 13.5 Å². The summed E-state index contributed by atoms with van der Waals surface area (Å²) in [5.74, 6) is -0.506. The Bertz CT molecular complexity index is 604. The minimum atomic E-state index is -0.418. The average Bonchev–Trinajstić information content (AvgIpc) is 2.43. The van der Waals surface area contributed by atoms with E-state index in [0.717, 1.165) is 5.56 Å². The summed E-state index contributed by atoms with van der Waals surface area (Å²) in [5, 5.41) is 3.04. The van der Waals surface area contributed by atoms with Gasteiger partial charge in [0.25, 0.3) is 0 Å². The fourth-order valence-corrected chi connectivity index (χ4v) is 1.98. The Kier molecular flexibility index (Phi) is 4.95. The summed E-state index contributed by atoms with van der Waals surface area (Å²) in [4.78, 5) is 0. The van der Waals surface area contributed by atoms with Gasteiger partial charge in [0, 0.05) is 18.3 Å². The molecular formula is C15H14BrF2NO. The van der Waals surface area contributed by atoms with E-state index in [1.54, 1.807) is 31.2 Å². The SMILES string of the molecule is CCOc1ccc(NCc2ccc(Br)c(F)c2)cc1F. The van der Waals surface area contributed by atoms with Crippen LogP contribution in [0.4, 0.5) is 14.5 Å². The Morgan fingerprint density at radius 3 is 2.55 bits per heavy atom. The molecule has 1 N–H and O–H groups in total. The molecule has 0 atom stereocenters. The van der Waals surface area contributed by atoms with Crippen molar-refractivity contribution in [3.63, 3.8) is 0 Å². The van der Waals surface area contributed by atoms with E-state index in [9.17, 15) is 8.78 Å². The van der Waals surface area contributed by atoms with E-state index in [1.165, 1.54) is 12.1 Å². The monoisotopic (exact) mass is 341 g/mol. The Morgan fingerprint density at radius 2 is 1.90 bits per heavy atom. The maximum atomic E-state index is 13.6. The zero-order chi connectivity index (χ0) is 14.5. The second-order valence-corrected chi connectivity index (χ2v) is 5.03. The molecule has 0 bridgehead atoms. The molecule has 5 heteroatoms. The van der Waals surface area contributed by atoms with Crippen LogP contribution < -0.4 is 10.1 Å². The Hall–Kier alpha value is -1.62. The molecule has 0 aliphatic heterocycles. The molecule has 2 rings (SSSR count). The molecule has 0 unspecified atom stereocenters. The van der Waals surface area contributed by atoms with E-state index in [2.05, 4.69) is 21.2 Å². The molecule has 0 aliphatic carbocycles. The van der Waals surface area contributed by atoms with Gasteiger partial charge in [-0.1, -0.05) is 6.07 Å². The van der Waals surface area contributed by atoms with Crippen LogP contribution in [0.15, 0.2) is 40.9 Å². The predicted molar refractivity (Wildman–Crippen MR) is 79.0 cm³/mol. The van der Waals surface area contributed by atoms with Crippen LogP contribution >= 0.6 is 15.9 Å². The Balaban J connectivity index is 2.03. The number of halogens is 3. The van der Waals surface area contributed by atoms with E-state index in [1.807, 2.05) is 0 Å². The number of hydrogen-bond acceptors (Lipinski definition) is 2. The van der Waals surface area contributed by atoms with Crippen molar-refractivity contribution in [2.24, 2.45) is 0 Å². The highest BCUT2D eigenvalue weighted by Gasteiger charge is 2.05. The van der Waals surface area contributed by atoms with Crippen LogP contribution in [0.1, 0.15) is 12.5 Å². The molecule has 0 fully saturated rings. The van der Waals surface area contributed by atoms with Gasteiger partial charge in [-0.15, -0.1) is 0 Å². The second kappa shape index (κ2) is 6.70. The lowest BCUT2D eigenvalue weighted by Gasteiger charge is -2.09. The Labute approximate surface area is 124 Å². The van der Waals surface area contributed by atoms with Gasteiger partial charge in [0.1, 0.15) is 5.82 Å². The summed E-state index contributed by atoms with van der Waals surface area (Å²) >= 11 is 3.10. The van der Waals surface area contributed by atoms with Crippen molar-refractivity contribution in [1.82, 2.24) is 0 Å². The molecule has 2 nitrogen and oxygen atoms in total. The van der Waals surface area contributed by atoms with Gasteiger partial charge >= 0.3 is 0 Å². The minimum Gasteiger partial charge on any atom is -0.491 e. The molecule has 2 aromatic carbocycles. The maximum absolute atomic E-state index is 13.6. The molecule has 0 radical (unpaired) electrons. The summed E-state index contributed by atoms with van der Waals surface area (Å²) in [5.41, 5.74) is 1.40. The van der Waals surface area contributed by atoms with Crippen LogP contribution in [-0.2, 0) is 6.54 Å². The summed E-state index contributed by atoms with van der Waals surface area (Å²) in [6.07, 6.45) is 0. The Morgan fingerprint density at radius 1 is 1.10 bits per heavy atom. The first-order valence-electron chi connectivity index (χ1n) is 6.20. The quantitative estimate of drug-likeness (QED) is 0.848. The fourth-order valence-electron chi connectivity index (χ4n) is 1.74. The highest BCUT2D eigenvalue weighted by molar-refractivity contribution is 9.10. The van der Waals surface area contributed by atoms with Crippen molar-refractivity contribution >= 4 is 21.6 Å². The van der Waals surface area contributed by atoms with Crippen LogP contribution in [0.25, 0.3) is 0 Å². The predicted octanol–water partition coefficient (Wildman–Crippen LogP) is 4.74. The molecule has 0 heterocycles. The lowest BCUT2D eigenvalue weighted by molar-refractivity contribution is 0.321. The van der Waals surface area contributed by atoms with Gasteiger partial charge in [-0.25, -0.2) is 8.78 Å². The smallest absolute Gasteiger partial charge is 0.167 e. The van der Waals surface area contributed by atoms with Crippen LogP contribution in [0.2, 0.25) is 0 Å². The number of rotatable bonds is 5. The first kappa shape index (κ1) is 14.8. The maximum Gasteiger partial charge on any atom is 0.167 e. The fraction of sp³-hybridized carbons (Fsp3) is 0.200. The van der Waals surface area contributed by atoms with Crippen LogP contribution in [0.3, 0.4) is 0 Å². The van der Waals surface area contributed by atoms with Gasteiger partial charge in [-0.05, 0) is 52.7 Å². The van der Waals surface area contributed by atoms with Crippen molar-refractivity contribution in [3.05, 3.63) is 58.1 Å². The van der Waals surface area contributed by atoms with Crippen molar-refractivity contribution in [1.29, 1.82) is 0 Å². The third-order valence-electron chi connectivity index (χ3n) is 2.71. The van der Waals surface area contributed by atoms with Crippen molar-refractivity contribution in [2.75, 3.05) is 11.9 Å². The van der Waals surface area contributed by atoms with E-state index < -0.39 is 5.82 Å². The first-order chi connectivity index (χ1) is 9.60. The summed E-state index contributed by atoms with van der Waals surface area (Å²) in [7, 11) is 0. The molecule has 106 valence electrons. The largest absolute Gasteiger partial charge is 0.491 e. The molecule has 0 aliphatic rings. The normalized spacial score (nSPS) is 10.4. The van der Waals surface area contributed by atoms with Crippen molar-refractivity contribution in [3.8, 4) is 5.75 Å². The third kappa shape index (κ3) is 3.70. The molecule has 0 amide bonds. The summed E-state index contributed by atoms with van der Waals surface area (Å²) < 4.78 is 32.6. The summed E-state index contributed by atoms with van der Waals surface area (Å²) in [6.45, 7) is 2.63. The highest BCUT2D eigenvalue weighted by atomic mass is 79.9. The van der Waals surface area contributed by atoms with E-state index in [-0.39, 0.29) is 11.6 Å². The standard InChI is InChI=1S/C15H14BrF2NO/c1-2-20-15-6-4-11(8-14(15)18)19-9-10-3-5-12(16)13(17)7-10/h3-8,19H,2,9H2,1H3. The lowest BCUT2D eigenvalue weighted by Crippen LogP contribution is -2.01. The zero-order valence-electron chi connectivity index (χ0n) is 10.9. The number of anilines is 1. The van der Waals surface area contributed by atoms with Gasteiger partial charge in [0.05, 0.1) is 11.1 Å². The second-order valence-electron chi connectivity index (χ2n) is 4.18. The van der Waals surface area contributed by atoms with Gasteiger partial charge in [-0.3, -0.25) is 0 Å². The van der Waals surface area contributed by atoms with E-state index in [0.29, 0.717) is 23.3 Å². The molecule has 0 aromatic heterocycles. The number of hydrogen-bond donors (Lipinski definition) is 1. The van der Waals surface area contributed by atoms with Crippen molar-refractivity contribution in [2.45, 2.75) is 13.5 Å². The zero-order valence-corrected chi connectivity index (χ0v) is 12.5. The van der Waals surface area contributed by atoms with Crippen LogP contribution in [-0.4, -0.2) is 6.61 Å². The number of ether oxygens (including phenoxy) is 1. The van der Waals surface area contributed by atoms with Gasteiger partial charge in [0.2, 0.25) is 0 Å².